The maximum Gasteiger partial charge on any atom is 0.136 e. The first kappa shape index (κ1) is 14.6. The van der Waals surface area contributed by atoms with Gasteiger partial charge in [-0.1, -0.05) is 20.8 Å². The standard InChI is InChI=1S/C17H28N4/c1-17(2,3)13-7-9-21(10-8-13)15-11-14(18-4)19-16(20-15)12-5-6-12/h11-13H,5-10H2,1-4H3,(H,18,19,20). The fourth-order valence-corrected chi connectivity index (χ4v) is 3.24. The van der Waals surface area contributed by atoms with Crippen molar-refractivity contribution in [1.82, 2.24) is 9.97 Å². The Balaban J connectivity index is 1.74. The summed E-state index contributed by atoms with van der Waals surface area (Å²) in [5, 5.41) is 3.18. The largest absolute Gasteiger partial charge is 0.373 e. The highest BCUT2D eigenvalue weighted by Crippen LogP contribution is 2.40. The molecule has 2 fully saturated rings. The van der Waals surface area contributed by atoms with Crippen LogP contribution in [0.25, 0.3) is 0 Å². The Kier molecular flexibility index (Phi) is 3.80. The topological polar surface area (TPSA) is 41.0 Å². The number of anilines is 2. The van der Waals surface area contributed by atoms with Crippen LogP contribution in [0.3, 0.4) is 0 Å². The van der Waals surface area contributed by atoms with Crippen LogP contribution in [0.15, 0.2) is 6.07 Å². The molecule has 1 aromatic rings. The summed E-state index contributed by atoms with van der Waals surface area (Å²) in [4.78, 5) is 11.9. The van der Waals surface area contributed by atoms with Crippen LogP contribution in [-0.2, 0) is 0 Å². The minimum absolute atomic E-state index is 0.424. The molecule has 0 unspecified atom stereocenters. The fraction of sp³-hybridized carbons (Fsp3) is 0.765. The third kappa shape index (κ3) is 3.30. The number of hydrogen-bond acceptors (Lipinski definition) is 4. The van der Waals surface area contributed by atoms with Crippen molar-refractivity contribution >= 4 is 11.6 Å². The van der Waals surface area contributed by atoms with E-state index in [1.165, 1.54) is 25.7 Å². The van der Waals surface area contributed by atoms with E-state index in [-0.39, 0.29) is 0 Å². The fourth-order valence-electron chi connectivity index (χ4n) is 3.24. The molecule has 2 heterocycles. The highest BCUT2D eigenvalue weighted by molar-refractivity contribution is 5.50. The summed E-state index contributed by atoms with van der Waals surface area (Å²) in [6.07, 6.45) is 5.03. The first-order chi connectivity index (χ1) is 9.97. The van der Waals surface area contributed by atoms with Gasteiger partial charge in [-0.3, -0.25) is 0 Å². The minimum atomic E-state index is 0.424. The highest BCUT2D eigenvalue weighted by atomic mass is 15.2. The zero-order valence-corrected chi connectivity index (χ0v) is 13.8. The second-order valence-corrected chi connectivity index (χ2v) is 7.62. The van der Waals surface area contributed by atoms with Crippen LogP contribution in [0, 0.1) is 11.3 Å². The smallest absolute Gasteiger partial charge is 0.136 e. The van der Waals surface area contributed by atoms with E-state index >= 15 is 0 Å². The summed E-state index contributed by atoms with van der Waals surface area (Å²) >= 11 is 0. The number of piperidine rings is 1. The van der Waals surface area contributed by atoms with Crippen LogP contribution < -0.4 is 10.2 Å². The van der Waals surface area contributed by atoms with Crippen molar-refractivity contribution in [3.63, 3.8) is 0 Å². The second-order valence-electron chi connectivity index (χ2n) is 7.62. The van der Waals surface area contributed by atoms with Gasteiger partial charge in [0.25, 0.3) is 0 Å². The molecule has 3 rings (SSSR count). The molecule has 0 bridgehead atoms. The van der Waals surface area contributed by atoms with E-state index in [4.69, 9.17) is 4.98 Å². The van der Waals surface area contributed by atoms with Gasteiger partial charge < -0.3 is 10.2 Å². The number of nitrogens with one attached hydrogen (secondary N) is 1. The first-order valence-electron chi connectivity index (χ1n) is 8.29. The van der Waals surface area contributed by atoms with Gasteiger partial charge in [0.1, 0.15) is 17.5 Å². The third-order valence-corrected chi connectivity index (χ3v) is 4.97. The first-order valence-corrected chi connectivity index (χ1v) is 8.29. The molecule has 4 nitrogen and oxygen atoms in total. The quantitative estimate of drug-likeness (QED) is 0.921. The zero-order chi connectivity index (χ0) is 15.0. The number of nitrogens with zero attached hydrogens (tertiary/aromatic N) is 3. The van der Waals surface area contributed by atoms with Crippen molar-refractivity contribution in [1.29, 1.82) is 0 Å². The molecule has 1 saturated carbocycles. The molecule has 116 valence electrons. The Morgan fingerprint density at radius 3 is 2.29 bits per heavy atom. The molecule has 1 N–H and O–H groups in total. The summed E-state index contributed by atoms with van der Waals surface area (Å²) in [7, 11) is 1.94. The third-order valence-electron chi connectivity index (χ3n) is 4.97. The molecule has 0 atom stereocenters. The van der Waals surface area contributed by atoms with Crippen molar-refractivity contribution in [3.8, 4) is 0 Å². The summed E-state index contributed by atoms with van der Waals surface area (Å²) in [5.41, 5.74) is 0.424. The van der Waals surface area contributed by atoms with Gasteiger partial charge in [0, 0.05) is 32.1 Å². The van der Waals surface area contributed by atoms with Crippen LogP contribution in [0.5, 0.6) is 0 Å². The molecular formula is C17H28N4. The van der Waals surface area contributed by atoms with Crippen molar-refractivity contribution < 1.29 is 0 Å². The van der Waals surface area contributed by atoms with Crippen molar-refractivity contribution in [3.05, 3.63) is 11.9 Å². The second kappa shape index (κ2) is 5.47. The van der Waals surface area contributed by atoms with E-state index in [1.807, 2.05) is 7.05 Å². The van der Waals surface area contributed by atoms with Gasteiger partial charge in [0.05, 0.1) is 0 Å². The van der Waals surface area contributed by atoms with E-state index in [0.29, 0.717) is 11.3 Å². The number of aromatic nitrogens is 2. The van der Waals surface area contributed by atoms with Gasteiger partial charge in [-0.15, -0.1) is 0 Å². The molecule has 2 aliphatic rings. The van der Waals surface area contributed by atoms with Crippen molar-refractivity contribution in [2.45, 2.75) is 52.4 Å². The van der Waals surface area contributed by atoms with Crippen LogP contribution in [0.2, 0.25) is 0 Å². The molecule has 1 aliphatic carbocycles. The Bertz CT molecular complexity index is 494. The summed E-state index contributed by atoms with van der Waals surface area (Å²) < 4.78 is 0. The molecular weight excluding hydrogens is 260 g/mol. The highest BCUT2D eigenvalue weighted by Gasteiger charge is 2.31. The lowest BCUT2D eigenvalue weighted by Crippen LogP contribution is -2.38. The van der Waals surface area contributed by atoms with Gasteiger partial charge in [-0.2, -0.15) is 0 Å². The molecule has 1 aliphatic heterocycles. The van der Waals surface area contributed by atoms with E-state index in [1.54, 1.807) is 0 Å². The van der Waals surface area contributed by atoms with Crippen molar-refractivity contribution in [2.24, 2.45) is 11.3 Å². The lowest BCUT2D eigenvalue weighted by atomic mass is 9.75. The maximum absolute atomic E-state index is 4.83. The molecule has 0 spiro atoms. The lowest BCUT2D eigenvalue weighted by molar-refractivity contribution is 0.198. The average Bonchev–Trinajstić information content (AvgIpc) is 3.30. The number of rotatable bonds is 3. The lowest BCUT2D eigenvalue weighted by Gasteiger charge is -2.39. The van der Waals surface area contributed by atoms with Crippen LogP contribution in [-0.4, -0.2) is 30.1 Å². The van der Waals surface area contributed by atoms with Gasteiger partial charge >= 0.3 is 0 Å². The molecule has 0 aromatic carbocycles. The van der Waals surface area contributed by atoms with Gasteiger partial charge in [0.15, 0.2) is 0 Å². The van der Waals surface area contributed by atoms with E-state index in [2.05, 4.69) is 42.0 Å². The Morgan fingerprint density at radius 1 is 1.10 bits per heavy atom. The Hall–Kier alpha value is -1.32. The monoisotopic (exact) mass is 288 g/mol. The molecule has 4 heteroatoms. The minimum Gasteiger partial charge on any atom is -0.373 e. The average molecular weight is 288 g/mol. The molecule has 0 radical (unpaired) electrons. The van der Waals surface area contributed by atoms with Gasteiger partial charge in [0.2, 0.25) is 0 Å². The predicted octanol–water partition coefficient (Wildman–Crippen LogP) is 3.66. The van der Waals surface area contributed by atoms with Crippen molar-refractivity contribution in [2.75, 3.05) is 30.4 Å². The maximum atomic E-state index is 4.83. The molecule has 1 aromatic heterocycles. The van der Waals surface area contributed by atoms with E-state index < -0.39 is 0 Å². The zero-order valence-electron chi connectivity index (χ0n) is 13.8. The predicted molar refractivity (Wildman–Crippen MR) is 87.9 cm³/mol. The molecule has 21 heavy (non-hydrogen) atoms. The summed E-state index contributed by atoms with van der Waals surface area (Å²) in [6.45, 7) is 9.32. The Labute approximate surface area is 128 Å². The Morgan fingerprint density at radius 2 is 1.76 bits per heavy atom. The summed E-state index contributed by atoms with van der Waals surface area (Å²) in [6, 6.07) is 2.10. The van der Waals surface area contributed by atoms with Crippen LogP contribution in [0.1, 0.15) is 58.2 Å². The van der Waals surface area contributed by atoms with E-state index in [9.17, 15) is 0 Å². The van der Waals surface area contributed by atoms with E-state index in [0.717, 1.165) is 36.5 Å². The van der Waals surface area contributed by atoms with Gasteiger partial charge in [-0.25, -0.2) is 9.97 Å². The van der Waals surface area contributed by atoms with Crippen LogP contribution in [0.4, 0.5) is 11.6 Å². The summed E-state index contributed by atoms with van der Waals surface area (Å²) in [5.74, 6) is 4.53. The normalized spacial score (nSPS) is 20.7. The number of hydrogen-bond donors (Lipinski definition) is 1. The molecule has 1 saturated heterocycles. The SMILES string of the molecule is CNc1cc(N2CCC(C(C)(C)C)CC2)nc(C2CC2)n1. The molecule has 0 amide bonds. The van der Waals surface area contributed by atoms with Gasteiger partial charge in [-0.05, 0) is 37.0 Å². The van der Waals surface area contributed by atoms with Crippen LogP contribution >= 0.6 is 0 Å².